The summed E-state index contributed by atoms with van der Waals surface area (Å²) in [5.74, 6) is -0.118. The molecule has 0 aromatic carbocycles. The van der Waals surface area contributed by atoms with Gasteiger partial charge in [-0.15, -0.1) is 0 Å². The topological polar surface area (TPSA) is 49.3 Å². The molecule has 1 aliphatic carbocycles. The minimum Gasteiger partial charge on any atom is -0.380 e. The number of rotatable bonds is 1. The predicted octanol–water partition coefficient (Wildman–Crippen LogP) is -0.497. The van der Waals surface area contributed by atoms with Gasteiger partial charge < -0.3 is 10.4 Å². The molecule has 0 saturated heterocycles. The van der Waals surface area contributed by atoms with Gasteiger partial charge in [0.15, 0.2) is 0 Å². The third-order valence-corrected chi connectivity index (χ3v) is 1.89. The van der Waals surface area contributed by atoms with E-state index in [-0.39, 0.29) is 11.8 Å². The molecule has 3 nitrogen and oxygen atoms in total. The molecule has 0 aromatic rings. The number of aliphatic hydroxyl groups is 1. The SMILES string of the molecule is CNC(=O)C1(O)C[C@H]1C. The third-order valence-electron chi connectivity index (χ3n) is 1.89. The summed E-state index contributed by atoms with van der Waals surface area (Å²) in [6.45, 7) is 1.86. The molecular weight excluding hydrogens is 118 g/mol. The number of amides is 1. The van der Waals surface area contributed by atoms with Gasteiger partial charge >= 0.3 is 0 Å². The van der Waals surface area contributed by atoms with Crippen LogP contribution < -0.4 is 5.32 Å². The van der Waals surface area contributed by atoms with E-state index in [1.807, 2.05) is 6.92 Å². The van der Waals surface area contributed by atoms with Gasteiger partial charge in [0.1, 0.15) is 5.60 Å². The molecular formula is C6H11NO2. The number of nitrogens with one attached hydrogen (secondary N) is 1. The molecule has 52 valence electrons. The van der Waals surface area contributed by atoms with E-state index >= 15 is 0 Å². The molecule has 9 heavy (non-hydrogen) atoms. The monoisotopic (exact) mass is 129 g/mol. The van der Waals surface area contributed by atoms with Crippen molar-refractivity contribution in [3.63, 3.8) is 0 Å². The van der Waals surface area contributed by atoms with E-state index in [2.05, 4.69) is 5.32 Å². The highest BCUT2D eigenvalue weighted by Crippen LogP contribution is 2.42. The van der Waals surface area contributed by atoms with Crippen molar-refractivity contribution < 1.29 is 9.90 Å². The van der Waals surface area contributed by atoms with E-state index in [1.54, 1.807) is 0 Å². The molecule has 0 bridgehead atoms. The van der Waals surface area contributed by atoms with Crippen molar-refractivity contribution in [3.05, 3.63) is 0 Å². The zero-order valence-electron chi connectivity index (χ0n) is 5.64. The normalized spacial score (nSPS) is 40.1. The van der Waals surface area contributed by atoms with Crippen LogP contribution in [-0.4, -0.2) is 23.7 Å². The molecule has 2 N–H and O–H groups in total. The highest BCUT2D eigenvalue weighted by Gasteiger charge is 2.55. The van der Waals surface area contributed by atoms with Crippen LogP contribution in [0.2, 0.25) is 0 Å². The minimum absolute atomic E-state index is 0.137. The predicted molar refractivity (Wildman–Crippen MR) is 32.8 cm³/mol. The number of hydrogen-bond acceptors (Lipinski definition) is 2. The average Bonchev–Trinajstić information content (AvgIpc) is 2.41. The Morgan fingerprint density at radius 2 is 2.33 bits per heavy atom. The Hall–Kier alpha value is -0.570. The van der Waals surface area contributed by atoms with Gasteiger partial charge in [0, 0.05) is 7.05 Å². The molecule has 1 fully saturated rings. The Morgan fingerprint density at radius 3 is 2.44 bits per heavy atom. The zero-order chi connectivity index (χ0) is 7.07. The maximum Gasteiger partial charge on any atom is 0.251 e. The van der Waals surface area contributed by atoms with Crippen LogP contribution >= 0.6 is 0 Å². The Labute approximate surface area is 54.1 Å². The summed E-state index contributed by atoms with van der Waals surface area (Å²) < 4.78 is 0. The van der Waals surface area contributed by atoms with E-state index in [1.165, 1.54) is 7.05 Å². The minimum atomic E-state index is -1.03. The molecule has 1 aliphatic rings. The van der Waals surface area contributed by atoms with E-state index in [9.17, 15) is 9.90 Å². The number of hydrogen-bond donors (Lipinski definition) is 2. The first-order chi connectivity index (χ1) is 4.11. The van der Waals surface area contributed by atoms with Gasteiger partial charge in [-0.25, -0.2) is 0 Å². The second kappa shape index (κ2) is 1.70. The first kappa shape index (κ1) is 6.55. The van der Waals surface area contributed by atoms with Crippen LogP contribution in [0, 0.1) is 5.92 Å². The second-order valence-electron chi connectivity index (χ2n) is 2.61. The third kappa shape index (κ3) is 0.812. The first-order valence-corrected chi connectivity index (χ1v) is 3.06. The summed E-state index contributed by atoms with van der Waals surface area (Å²) in [5, 5.41) is 11.7. The zero-order valence-corrected chi connectivity index (χ0v) is 5.64. The lowest BCUT2D eigenvalue weighted by atomic mass is 10.2. The number of likely N-dealkylation sites (N-methyl/N-ethyl adjacent to an activating group) is 1. The summed E-state index contributed by atoms with van der Waals surface area (Å²) in [6, 6.07) is 0. The van der Waals surface area contributed by atoms with Crippen LogP contribution in [0.1, 0.15) is 13.3 Å². The van der Waals surface area contributed by atoms with Gasteiger partial charge in [-0.3, -0.25) is 4.79 Å². The first-order valence-electron chi connectivity index (χ1n) is 3.06. The molecule has 3 heteroatoms. The largest absolute Gasteiger partial charge is 0.380 e. The van der Waals surface area contributed by atoms with Gasteiger partial charge in [-0.2, -0.15) is 0 Å². The Bertz CT molecular complexity index is 146. The molecule has 0 radical (unpaired) electrons. The van der Waals surface area contributed by atoms with E-state index in [0.29, 0.717) is 6.42 Å². The highest BCUT2D eigenvalue weighted by molar-refractivity contribution is 5.88. The fourth-order valence-electron chi connectivity index (χ4n) is 0.941. The van der Waals surface area contributed by atoms with Crippen molar-refractivity contribution in [2.45, 2.75) is 18.9 Å². The van der Waals surface area contributed by atoms with Crippen molar-refractivity contribution >= 4 is 5.91 Å². The fourth-order valence-corrected chi connectivity index (χ4v) is 0.941. The average molecular weight is 129 g/mol. The van der Waals surface area contributed by atoms with Crippen LogP contribution in [0.3, 0.4) is 0 Å². The number of carbonyl (C=O) groups excluding carboxylic acids is 1. The second-order valence-corrected chi connectivity index (χ2v) is 2.61. The Balaban J connectivity index is 2.53. The lowest BCUT2D eigenvalue weighted by Crippen LogP contribution is -2.34. The lowest BCUT2D eigenvalue weighted by molar-refractivity contribution is -0.131. The van der Waals surface area contributed by atoms with Crippen LogP contribution in [-0.2, 0) is 4.79 Å². The maximum absolute atomic E-state index is 10.7. The van der Waals surface area contributed by atoms with Crippen molar-refractivity contribution in [2.75, 3.05) is 7.05 Å². The van der Waals surface area contributed by atoms with Gasteiger partial charge in [0.2, 0.25) is 0 Å². The standard InChI is InChI=1S/C6H11NO2/c1-4-3-6(4,9)5(8)7-2/h4,9H,3H2,1-2H3,(H,7,8)/t4-,6?/m1/s1. The molecule has 1 unspecified atom stereocenters. The quantitative estimate of drug-likeness (QED) is 0.501. The smallest absolute Gasteiger partial charge is 0.251 e. The lowest BCUT2D eigenvalue weighted by Gasteiger charge is -2.04. The Morgan fingerprint density at radius 1 is 1.89 bits per heavy atom. The molecule has 0 aromatic heterocycles. The fraction of sp³-hybridized carbons (Fsp3) is 0.833. The number of carbonyl (C=O) groups is 1. The Kier molecular flexibility index (Phi) is 1.24. The molecule has 0 aliphatic heterocycles. The molecule has 1 rings (SSSR count). The molecule has 0 heterocycles. The summed E-state index contributed by atoms with van der Waals surface area (Å²) in [6.07, 6.45) is 0.604. The van der Waals surface area contributed by atoms with Gasteiger partial charge in [-0.05, 0) is 12.3 Å². The van der Waals surface area contributed by atoms with E-state index < -0.39 is 5.60 Å². The van der Waals surface area contributed by atoms with Gasteiger partial charge in [-0.1, -0.05) is 6.92 Å². The molecule has 1 amide bonds. The van der Waals surface area contributed by atoms with Crippen LogP contribution in [0.5, 0.6) is 0 Å². The van der Waals surface area contributed by atoms with Crippen LogP contribution in [0.15, 0.2) is 0 Å². The van der Waals surface area contributed by atoms with Crippen LogP contribution in [0.25, 0.3) is 0 Å². The van der Waals surface area contributed by atoms with Crippen molar-refractivity contribution in [2.24, 2.45) is 5.92 Å². The summed E-state index contributed by atoms with van der Waals surface area (Å²) >= 11 is 0. The maximum atomic E-state index is 10.7. The van der Waals surface area contributed by atoms with E-state index in [4.69, 9.17) is 0 Å². The highest BCUT2D eigenvalue weighted by atomic mass is 16.3. The molecule has 2 atom stereocenters. The van der Waals surface area contributed by atoms with E-state index in [0.717, 1.165) is 0 Å². The molecule has 0 spiro atoms. The van der Waals surface area contributed by atoms with Crippen molar-refractivity contribution in [1.29, 1.82) is 0 Å². The van der Waals surface area contributed by atoms with Crippen LogP contribution in [0.4, 0.5) is 0 Å². The van der Waals surface area contributed by atoms with Gasteiger partial charge in [0.05, 0.1) is 0 Å². The summed E-state index contributed by atoms with van der Waals surface area (Å²) in [4.78, 5) is 10.7. The van der Waals surface area contributed by atoms with Crippen molar-refractivity contribution in [3.8, 4) is 0 Å². The van der Waals surface area contributed by atoms with Crippen molar-refractivity contribution in [1.82, 2.24) is 5.32 Å². The summed E-state index contributed by atoms with van der Waals surface area (Å²) in [5.41, 5.74) is -1.03. The molecule has 1 saturated carbocycles. The summed E-state index contributed by atoms with van der Waals surface area (Å²) in [7, 11) is 1.53. The van der Waals surface area contributed by atoms with Gasteiger partial charge in [0.25, 0.3) is 5.91 Å².